The molecule has 0 N–H and O–H groups in total. The quantitative estimate of drug-likeness (QED) is 0.0760. The predicted octanol–water partition coefficient (Wildman–Crippen LogP) is 12.3. The third kappa shape index (κ3) is 23.6. The zero-order chi connectivity index (χ0) is 34.4. The average Bonchev–Trinajstić information content (AvgIpc) is 3.02. The highest BCUT2D eigenvalue weighted by molar-refractivity contribution is 5.39. The fourth-order valence-electron chi connectivity index (χ4n) is 5.16. The molecule has 3 heteroatoms. The SMILES string of the molecule is C=C/C=C/CCC(C)CCC.C=CCCCC(C)CC.CCC(C)c1ccc2c(c1)CC2.COCCC(C)CCOCC1COC1. The van der Waals surface area contributed by atoms with E-state index in [0.29, 0.717) is 11.8 Å². The van der Waals surface area contributed by atoms with Crippen LogP contribution in [0.2, 0.25) is 0 Å². The van der Waals surface area contributed by atoms with Crippen molar-refractivity contribution >= 4 is 0 Å². The van der Waals surface area contributed by atoms with Gasteiger partial charge < -0.3 is 14.2 Å². The number of fused-ring (bicyclic) bond motifs is 1. The maximum absolute atomic E-state index is 5.57. The van der Waals surface area contributed by atoms with E-state index >= 15 is 0 Å². The number of hydrogen-bond donors (Lipinski definition) is 0. The van der Waals surface area contributed by atoms with Gasteiger partial charge in [-0.3, -0.25) is 0 Å². The fourth-order valence-corrected chi connectivity index (χ4v) is 5.16. The molecule has 1 heterocycles. The van der Waals surface area contributed by atoms with Crippen LogP contribution in [0.15, 0.2) is 55.7 Å². The van der Waals surface area contributed by atoms with Gasteiger partial charge in [-0.15, -0.1) is 6.58 Å². The number of ether oxygens (including phenoxy) is 3. The molecule has 3 rings (SSSR count). The molecule has 0 aromatic heterocycles. The molecule has 1 aliphatic heterocycles. The van der Waals surface area contributed by atoms with E-state index in [2.05, 4.69) is 85.9 Å². The third-order valence-electron chi connectivity index (χ3n) is 9.39. The molecular weight excluding hydrogens is 564 g/mol. The van der Waals surface area contributed by atoms with E-state index in [0.717, 1.165) is 63.6 Å². The van der Waals surface area contributed by atoms with Crippen molar-refractivity contribution in [3.8, 4) is 0 Å². The standard InChI is InChI=1S/C12H16.C11H22O3.C11H20.C9H18/c1-3-9(2)11-6-4-10-5-7-12(10)8-11;1-10(3-5-12-2)4-6-13-7-11-8-14-9-11;1-4-6-7-8-10-11(3)9-5-2;1-4-6-7-8-9(3)5-2/h4,6,8-9H,3,5,7H2,1-2H3;10-11H,3-9H2,1-2H3;4,6-7,11H,1,5,8-10H2,2-3H3;4,9H,1,5-8H2,2-3H3/b;;7-6+;. The van der Waals surface area contributed by atoms with E-state index in [1.165, 1.54) is 76.2 Å². The summed E-state index contributed by atoms with van der Waals surface area (Å²) in [6, 6.07) is 7.00. The summed E-state index contributed by atoms with van der Waals surface area (Å²) in [5.74, 6) is 3.88. The van der Waals surface area contributed by atoms with Crippen molar-refractivity contribution in [2.75, 3.05) is 40.1 Å². The first-order chi connectivity index (χ1) is 22.3. The number of methoxy groups -OCH3 is 1. The zero-order valence-electron chi connectivity index (χ0n) is 31.8. The normalized spacial score (nSPS) is 16.0. The minimum atomic E-state index is 0.657. The molecule has 1 aromatic carbocycles. The van der Waals surface area contributed by atoms with Crippen LogP contribution in [-0.2, 0) is 27.1 Å². The topological polar surface area (TPSA) is 27.7 Å². The molecule has 1 aliphatic carbocycles. The number of allylic oxidation sites excluding steroid dienone is 4. The van der Waals surface area contributed by atoms with Gasteiger partial charge in [0.15, 0.2) is 0 Å². The van der Waals surface area contributed by atoms with Crippen LogP contribution in [-0.4, -0.2) is 40.1 Å². The number of hydrogen-bond acceptors (Lipinski definition) is 3. The van der Waals surface area contributed by atoms with Crippen LogP contribution in [0.25, 0.3) is 0 Å². The molecule has 4 atom stereocenters. The number of benzene rings is 1. The fraction of sp³-hybridized carbons (Fsp3) is 0.721. The second-order valence-electron chi connectivity index (χ2n) is 13.9. The largest absolute Gasteiger partial charge is 0.385 e. The Labute approximate surface area is 287 Å². The molecule has 0 spiro atoms. The second kappa shape index (κ2) is 30.6. The first-order valence-corrected chi connectivity index (χ1v) is 18.9. The van der Waals surface area contributed by atoms with E-state index in [9.17, 15) is 0 Å². The van der Waals surface area contributed by atoms with Gasteiger partial charge in [0.2, 0.25) is 0 Å². The van der Waals surface area contributed by atoms with Gasteiger partial charge in [-0.2, -0.15) is 0 Å². The van der Waals surface area contributed by atoms with Crippen LogP contribution < -0.4 is 0 Å². The van der Waals surface area contributed by atoms with Crippen LogP contribution >= 0.6 is 0 Å². The molecule has 0 bridgehead atoms. The minimum Gasteiger partial charge on any atom is -0.385 e. The van der Waals surface area contributed by atoms with E-state index in [4.69, 9.17) is 14.2 Å². The lowest BCUT2D eigenvalue weighted by Gasteiger charge is -2.25. The van der Waals surface area contributed by atoms with Crippen LogP contribution in [0.1, 0.15) is 142 Å². The van der Waals surface area contributed by atoms with E-state index in [1.807, 2.05) is 18.2 Å². The summed E-state index contributed by atoms with van der Waals surface area (Å²) in [5, 5.41) is 0. The molecule has 4 unspecified atom stereocenters. The Balaban J connectivity index is 0.000000595. The molecular formula is C43H76O3. The summed E-state index contributed by atoms with van der Waals surface area (Å²) in [6.45, 7) is 27.6. The minimum absolute atomic E-state index is 0.657. The summed E-state index contributed by atoms with van der Waals surface area (Å²) >= 11 is 0. The molecule has 46 heavy (non-hydrogen) atoms. The van der Waals surface area contributed by atoms with Gasteiger partial charge in [0, 0.05) is 26.2 Å². The van der Waals surface area contributed by atoms with Crippen LogP contribution in [0.5, 0.6) is 0 Å². The Hall–Kier alpha value is -1.68. The van der Waals surface area contributed by atoms with Crippen molar-refractivity contribution in [3.63, 3.8) is 0 Å². The van der Waals surface area contributed by atoms with Crippen LogP contribution in [0.4, 0.5) is 0 Å². The van der Waals surface area contributed by atoms with Crippen molar-refractivity contribution in [1.82, 2.24) is 0 Å². The molecule has 266 valence electrons. The maximum atomic E-state index is 5.57. The summed E-state index contributed by atoms with van der Waals surface area (Å²) < 4.78 is 15.7. The summed E-state index contributed by atoms with van der Waals surface area (Å²) in [7, 11) is 1.75. The van der Waals surface area contributed by atoms with Gasteiger partial charge in [0.25, 0.3) is 0 Å². The summed E-state index contributed by atoms with van der Waals surface area (Å²) in [5.41, 5.74) is 4.69. The van der Waals surface area contributed by atoms with E-state index in [-0.39, 0.29) is 0 Å². The van der Waals surface area contributed by atoms with Gasteiger partial charge in [0.1, 0.15) is 0 Å². The molecule has 0 radical (unpaired) electrons. The Bertz CT molecular complexity index is 871. The highest BCUT2D eigenvalue weighted by Gasteiger charge is 2.18. The van der Waals surface area contributed by atoms with Gasteiger partial charge in [-0.25, -0.2) is 0 Å². The maximum Gasteiger partial charge on any atom is 0.0538 e. The number of unbranched alkanes of at least 4 members (excludes halogenated alkanes) is 1. The molecule has 0 saturated carbocycles. The molecule has 0 amide bonds. The number of aryl methyl sites for hydroxylation is 2. The number of rotatable bonds is 21. The smallest absolute Gasteiger partial charge is 0.0538 e. The highest BCUT2D eigenvalue weighted by Crippen LogP contribution is 2.28. The van der Waals surface area contributed by atoms with Crippen molar-refractivity contribution in [2.24, 2.45) is 23.7 Å². The van der Waals surface area contributed by atoms with E-state index in [1.54, 1.807) is 18.2 Å². The highest BCUT2D eigenvalue weighted by atomic mass is 16.5. The second-order valence-corrected chi connectivity index (χ2v) is 13.9. The molecule has 3 nitrogen and oxygen atoms in total. The third-order valence-corrected chi connectivity index (χ3v) is 9.39. The van der Waals surface area contributed by atoms with Crippen molar-refractivity contribution < 1.29 is 14.2 Å². The zero-order valence-corrected chi connectivity index (χ0v) is 31.8. The lowest BCUT2D eigenvalue weighted by atomic mass is 9.84. The summed E-state index contributed by atoms with van der Waals surface area (Å²) in [6.07, 6.45) is 24.6. The summed E-state index contributed by atoms with van der Waals surface area (Å²) in [4.78, 5) is 0. The Kier molecular flexibility index (Phi) is 29.5. The molecule has 1 aromatic rings. The van der Waals surface area contributed by atoms with E-state index < -0.39 is 0 Å². The van der Waals surface area contributed by atoms with Crippen LogP contribution in [0, 0.1) is 23.7 Å². The van der Waals surface area contributed by atoms with Gasteiger partial charge in [-0.05, 0) is 98.1 Å². The molecule has 2 aliphatic rings. The Morgan fingerprint density at radius 1 is 0.826 bits per heavy atom. The molecule has 1 saturated heterocycles. The first-order valence-electron chi connectivity index (χ1n) is 18.9. The van der Waals surface area contributed by atoms with Gasteiger partial charge in [-0.1, -0.05) is 123 Å². The van der Waals surface area contributed by atoms with Gasteiger partial charge >= 0.3 is 0 Å². The predicted molar refractivity (Wildman–Crippen MR) is 204 cm³/mol. The van der Waals surface area contributed by atoms with Gasteiger partial charge in [0.05, 0.1) is 19.8 Å². The lowest BCUT2D eigenvalue weighted by Crippen LogP contribution is -2.31. The van der Waals surface area contributed by atoms with Crippen molar-refractivity contribution in [2.45, 2.75) is 138 Å². The monoisotopic (exact) mass is 641 g/mol. The Morgan fingerprint density at radius 3 is 2.04 bits per heavy atom. The first kappa shape index (κ1) is 44.3. The average molecular weight is 641 g/mol. The van der Waals surface area contributed by atoms with Crippen molar-refractivity contribution in [3.05, 3.63) is 72.4 Å². The lowest BCUT2D eigenvalue weighted by molar-refractivity contribution is -0.0726. The molecule has 1 fully saturated rings. The Morgan fingerprint density at radius 2 is 1.52 bits per heavy atom. The van der Waals surface area contributed by atoms with Crippen LogP contribution in [0.3, 0.4) is 0 Å². The van der Waals surface area contributed by atoms with Crippen molar-refractivity contribution in [1.29, 1.82) is 0 Å².